The van der Waals surface area contributed by atoms with Crippen molar-refractivity contribution in [2.45, 2.75) is 58.8 Å². The number of benzene rings is 2. The molecule has 0 bridgehead atoms. The Labute approximate surface area is 181 Å². The molecule has 0 unspecified atom stereocenters. The molecular weight excluding hydrogens is 411 g/mol. The smallest absolute Gasteiger partial charge is 0.166 e. The largest absolute Gasteiger partial charge is 0.507 e. The lowest BCUT2D eigenvalue weighted by molar-refractivity contribution is 0.0970. The highest BCUT2D eigenvalue weighted by Crippen LogP contribution is 2.28. The summed E-state index contributed by atoms with van der Waals surface area (Å²) in [6.07, 6.45) is 4.76. The number of hydrogen-bond acceptors (Lipinski definition) is 4. The second kappa shape index (κ2) is 10.7. The predicted octanol–water partition coefficient (Wildman–Crippen LogP) is 6.82. The van der Waals surface area contributed by atoms with Crippen LogP contribution in [0.4, 0.5) is 0 Å². The number of carbonyl (C=O) groups excluding carboxylic acids is 2. The molecule has 29 heavy (non-hydrogen) atoms. The number of carbonyl (C=O) groups is 2. The van der Waals surface area contributed by atoms with E-state index < -0.39 is 0 Å². The van der Waals surface area contributed by atoms with Gasteiger partial charge in [0.05, 0.1) is 11.1 Å². The van der Waals surface area contributed by atoms with Crippen molar-refractivity contribution in [3.05, 3.63) is 56.6 Å². The lowest BCUT2D eigenvalue weighted by atomic mass is 10.00. The van der Waals surface area contributed by atoms with Gasteiger partial charge in [-0.05, 0) is 62.1 Å². The molecule has 2 aromatic rings. The number of ketones is 2. The first kappa shape index (κ1) is 23.2. The SMILES string of the molecule is Cc1cc(O)c(C(=O)CCCCCCCC(=O)c2cc(Cl)c(C)cc2O)cc1Cl. The van der Waals surface area contributed by atoms with Gasteiger partial charge in [-0.2, -0.15) is 0 Å². The first-order valence-corrected chi connectivity index (χ1v) is 10.5. The van der Waals surface area contributed by atoms with Crippen molar-refractivity contribution in [2.75, 3.05) is 0 Å². The molecule has 0 atom stereocenters. The van der Waals surface area contributed by atoms with E-state index in [4.69, 9.17) is 23.2 Å². The summed E-state index contributed by atoms with van der Waals surface area (Å²) in [4.78, 5) is 24.5. The van der Waals surface area contributed by atoms with Crippen LogP contribution in [-0.4, -0.2) is 21.8 Å². The zero-order valence-corrected chi connectivity index (χ0v) is 18.2. The van der Waals surface area contributed by atoms with E-state index in [0.717, 1.165) is 30.4 Å². The zero-order chi connectivity index (χ0) is 21.6. The maximum atomic E-state index is 12.2. The molecule has 2 rings (SSSR count). The topological polar surface area (TPSA) is 74.6 Å². The molecule has 6 heteroatoms. The normalized spacial score (nSPS) is 10.9. The Kier molecular flexibility index (Phi) is 8.54. The lowest BCUT2D eigenvalue weighted by Crippen LogP contribution is -2.01. The Bertz CT molecular complexity index is 833. The van der Waals surface area contributed by atoms with E-state index in [0.29, 0.717) is 35.7 Å². The molecule has 0 aliphatic rings. The average molecular weight is 437 g/mol. The van der Waals surface area contributed by atoms with Crippen molar-refractivity contribution in [2.24, 2.45) is 0 Å². The number of Topliss-reactive ketones (excluding diaryl/α,β-unsaturated/α-hetero) is 2. The van der Waals surface area contributed by atoms with E-state index in [9.17, 15) is 19.8 Å². The van der Waals surface area contributed by atoms with Crippen molar-refractivity contribution < 1.29 is 19.8 Å². The van der Waals surface area contributed by atoms with Gasteiger partial charge in [-0.25, -0.2) is 0 Å². The van der Waals surface area contributed by atoms with Crippen LogP contribution in [0.2, 0.25) is 10.0 Å². The average Bonchev–Trinajstić information content (AvgIpc) is 2.66. The summed E-state index contributed by atoms with van der Waals surface area (Å²) in [5.74, 6) is -0.303. The van der Waals surface area contributed by atoms with E-state index in [1.165, 1.54) is 24.3 Å². The fourth-order valence-electron chi connectivity index (χ4n) is 3.15. The second-order valence-corrected chi connectivity index (χ2v) is 8.17. The number of halogens is 2. The predicted molar refractivity (Wildman–Crippen MR) is 117 cm³/mol. The van der Waals surface area contributed by atoms with Crippen molar-refractivity contribution in [1.29, 1.82) is 0 Å². The van der Waals surface area contributed by atoms with Crippen LogP contribution in [0, 0.1) is 13.8 Å². The van der Waals surface area contributed by atoms with Crippen LogP contribution in [0.3, 0.4) is 0 Å². The van der Waals surface area contributed by atoms with Gasteiger partial charge in [-0.3, -0.25) is 9.59 Å². The number of aromatic hydroxyl groups is 2. The highest BCUT2D eigenvalue weighted by atomic mass is 35.5. The fraction of sp³-hybridized carbons (Fsp3) is 0.391. The monoisotopic (exact) mass is 436 g/mol. The molecule has 2 N–H and O–H groups in total. The van der Waals surface area contributed by atoms with Crippen LogP contribution in [0.5, 0.6) is 11.5 Å². The summed E-state index contributed by atoms with van der Waals surface area (Å²) in [6.45, 7) is 3.55. The molecule has 2 aromatic carbocycles. The Balaban J connectivity index is 1.69. The molecule has 0 aromatic heterocycles. The molecule has 0 aliphatic carbocycles. The first-order valence-electron chi connectivity index (χ1n) is 9.75. The number of unbranched alkanes of at least 4 members (excludes halogenated alkanes) is 4. The van der Waals surface area contributed by atoms with Gasteiger partial charge in [0.25, 0.3) is 0 Å². The Morgan fingerprint density at radius 1 is 0.690 bits per heavy atom. The van der Waals surface area contributed by atoms with Gasteiger partial charge in [-0.15, -0.1) is 0 Å². The third-order valence-corrected chi connectivity index (χ3v) is 5.78. The Morgan fingerprint density at radius 2 is 1.03 bits per heavy atom. The summed E-state index contributed by atoms with van der Waals surface area (Å²) in [6, 6.07) is 6.05. The number of aryl methyl sites for hydroxylation is 2. The highest BCUT2D eigenvalue weighted by molar-refractivity contribution is 6.32. The van der Waals surface area contributed by atoms with Gasteiger partial charge >= 0.3 is 0 Å². The number of hydrogen-bond donors (Lipinski definition) is 2. The first-order chi connectivity index (χ1) is 13.7. The standard InChI is InChI=1S/C23H26Cl2O4/c1-14-10-22(28)16(12-18(14)24)20(26)8-6-4-3-5-7-9-21(27)17-13-19(25)15(2)11-23(17)29/h10-13,28-29H,3-9H2,1-2H3. The van der Waals surface area contributed by atoms with E-state index >= 15 is 0 Å². The molecule has 0 heterocycles. The molecule has 0 saturated heterocycles. The minimum Gasteiger partial charge on any atom is -0.507 e. The summed E-state index contributed by atoms with van der Waals surface area (Å²) in [7, 11) is 0. The van der Waals surface area contributed by atoms with E-state index in [1.54, 1.807) is 13.8 Å². The van der Waals surface area contributed by atoms with Crippen molar-refractivity contribution in [3.8, 4) is 11.5 Å². The maximum absolute atomic E-state index is 12.2. The third kappa shape index (κ3) is 6.48. The van der Waals surface area contributed by atoms with E-state index in [2.05, 4.69) is 0 Å². The van der Waals surface area contributed by atoms with Crippen LogP contribution < -0.4 is 0 Å². The van der Waals surface area contributed by atoms with Gasteiger partial charge < -0.3 is 10.2 Å². The number of phenolic OH excluding ortho intramolecular Hbond substituents is 2. The summed E-state index contributed by atoms with van der Waals surface area (Å²) in [5.41, 5.74) is 2.00. The quantitative estimate of drug-likeness (QED) is 0.316. The van der Waals surface area contributed by atoms with Crippen LogP contribution in [0.1, 0.15) is 76.8 Å². The van der Waals surface area contributed by atoms with Gasteiger partial charge in [-0.1, -0.05) is 42.5 Å². The third-order valence-electron chi connectivity index (χ3n) is 4.96. The van der Waals surface area contributed by atoms with E-state index in [1.807, 2.05) is 0 Å². The Hall–Kier alpha value is -2.04. The number of rotatable bonds is 10. The van der Waals surface area contributed by atoms with Crippen LogP contribution in [-0.2, 0) is 0 Å². The fourth-order valence-corrected chi connectivity index (χ4v) is 3.48. The lowest BCUT2D eigenvalue weighted by Gasteiger charge is -2.08. The van der Waals surface area contributed by atoms with Crippen LogP contribution in [0.15, 0.2) is 24.3 Å². The summed E-state index contributed by atoms with van der Waals surface area (Å²) < 4.78 is 0. The molecule has 0 amide bonds. The molecule has 0 fully saturated rings. The van der Waals surface area contributed by atoms with Crippen molar-refractivity contribution >= 4 is 34.8 Å². The highest BCUT2D eigenvalue weighted by Gasteiger charge is 2.14. The van der Waals surface area contributed by atoms with Crippen molar-refractivity contribution in [1.82, 2.24) is 0 Å². The van der Waals surface area contributed by atoms with Gasteiger partial charge in [0.2, 0.25) is 0 Å². The van der Waals surface area contributed by atoms with Gasteiger partial charge in [0.1, 0.15) is 11.5 Å². The molecule has 0 radical (unpaired) electrons. The van der Waals surface area contributed by atoms with Gasteiger partial charge in [0.15, 0.2) is 11.6 Å². The molecule has 0 saturated carbocycles. The molecular formula is C23H26Cl2O4. The van der Waals surface area contributed by atoms with Gasteiger partial charge in [0, 0.05) is 22.9 Å². The molecule has 0 aliphatic heterocycles. The molecule has 0 spiro atoms. The zero-order valence-electron chi connectivity index (χ0n) is 16.7. The minimum absolute atomic E-state index is 0.0325. The minimum atomic E-state index is -0.119. The van der Waals surface area contributed by atoms with Crippen LogP contribution >= 0.6 is 23.2 Å². The van der Waals surface area contributed by atoms with Crippen LogP contribution in [0.25, 0.3) is 0 Å². The van der Waals surface area contributed by atoms with E-state index in [-0.39, 0.29) is 34.2 Å². The number of phenols is 2. The molecule has 156 valence electrons. The molecule has 4 nitrogen and oxygen atoms in total. The summed E-state index contributed by atoms with van der Waals surface area (Å²) >= 11 is 12.1. The summed E-state index contributed by atoms with van der Waals surface area (Å²) in [5, 5.41) is 20.8. The van der Waals surface area contributed by atoms with Crippen molar-refractivity contribution in [3.63, 3.8) is 0 Å². The Morgan fingerprint density at radius 3 is 1.41 bits per heavy atom. The second-order valence-electron chi connectivity index (χ2n) is 7.35. The maximum Gasteiger partial charge on any atom is 0.166 e.